The van der Waals surface area contributed by atoms with E-state index in [9.17, 15) is 0 Å². The van der Waals surface area contributed by atoms with Gasteiger partial charge in [0.25, 0.3) is 0 Å². The van der Waals surface area contributed by atoms with Crippen molar-refractivity contribution in [2.45, 2.75) is 12.3 Å². The number of nitrogens with zero attached hydrogens (tertiary/aromatic N) is 2. The van der Waals surface area contributed by atoms with Crippen molar-refractivity contribution < 1.29 is 4.42 Å². The van der Waals surface area contributed by atoms with Gasteiger partial charge in [-0.25, -0.2) is 0 Å². The minimum absolute atomic E-state index is 0.0984. The molecule has 3 heterocycles. The van der Waals surface area contributed by atoms with Crippen LogP contribution >= 0.6 is 0 Å². The van der Waals surface area contributed by atoms with Gasteiger partial charge < -0.3 is 13.9 Å². The molecule has 1 aliphatic carbocycles. The number of hydrogen-bond donors (Lipinski definition) is 1. The third-order valence-electron chi connectivity index (χ3n) is 9.82. The minimum atomic E-state index is -0.464. The zero-order chi connectivity index (χ0) is 30.4. The molecule has 0 saturated heterocycles. The number of aromatic nitrogens is 1. The monoisotopic (exact) mass is 591 g/mol. The lowest BCUT2D eigenvalue weighted by Crippen LogP contribution is -2.51. The van der Waals surface area contributed by atoms with Gasteiger partial charge in [-0.05, 0) is 57.8 Å². The van der Waals surface area contributed by atoms with Crippen LogP contribution in [0.15, 0.2) is 162 Å². The molecule has 46 heavy (non-hydrogen) atoms. The first-order valence-corrected chi connectivity index (χ1v) is 15.8. The largest absolute Gasteiger partial charge is 0.455 e. The Labute approximate surface area is 265 Å². The molecule has 2 atom stereocenters. The molecule has 4 heteroatoms. The highest BCUT2D eigenvalue weighted by Crippen LogP contribution is 2.47. The molecule has 6 aromatic carbocycles. The maximum absolute atomic E-state index is 7.46. The summed E-state index contributed by atoms with van der Waals surface area (Å²) in [5.74, 6) is 0. The van der Waals surface area contributed by atoms with Gasteiger partial charge in [0, 0.05) is 21.7 Å². The quantitative estimate of drug-likeness (QED) is 0.222. The second-order valence-electron chi connectivity index (χ2n) is 12.3. The highest BCUT2D eigenvalue weighted by molar-refractivity contribution is 6.23. The van der Waals surface area contributed by atoms with Gasteiger partial charge in [0.2, 0.25) is 0 Å². The first-order chi connectivity index (χ1) is 22.7. The Balaban J connectivity index is 1.24. The second kappa shape index (κ2) is 9.58. The fourth-order valence-corrected chi connectivity index (χ4v) is 7.69. The third kappa shape index (κ3) is 3.53. The fraction of sp³-hybridized carbons (Fsp3) is 0.0476. The van der Waals surface area contributed by atoms with E-state index in [2.05, 4.69) is 149 Å². The lowest BCUT2D eigenvalue weighted by molar-refractivity contribution is 0.191. The van der Waals surface area contributed by atoms with Gasteiger partial charge in [-0.3, -0.25) is 5.73 Å². The predicted octanol–water partition coefficient (Wildman–Crippen LogP) is 10.2. The highest BCUT2D eigenvalue weighted by atomic mass is 16.3. The third-order valence-corrected chi connectivity index (χ3v) is 9.82. The van der Waals surface area contributed by atoms with Crippen molar-refractivity contribution >= 4 is 60.2 Å². The van der Waals surface area contributed by atoms with Crippen LogP contribution in [0.2, 0.25) is 0 Å². The molecule has 218 valence electrons. The molecular formula is C42H29N3O. The molecule has 0 bridgehead atoms. The van der Waals surface area contributed by atoms with E-state index in [1.807, 2.05) is 12.1 Å². The van der Waals surface area contributed by atoms with Gasteiger partial charge in [0.1, 0.15) is 11.2 Å². The summed E-state index contributed by atoms with van der Waals surface area (Å²) in [4.78, 5) is 2.36. The van der Waals surface area contributed by atoms with Gasteiger partial charge in [0.05, 0.1) is 28.2 Å². The molecule has 2 N–H and O–H groups in total. The molecule has 0 amide bonds. The van der Waals surface area contributed by atoms with E-state index in [0.29, 0.717) is 0 Å². The van der Waals surface area contributed by atoms with Crippen molar-refractivity contribution in [3.8, 4) is 11.1 Å². The van der Waals surface area contributed by atoms with Crippen molar-refractivity contribution in [2.24, 2.45) is 5.73 Å². The smallest absolute Gasteiger partial charge is 0.160 e. The summed E-state index contributed by atoms with van der Waals surface area (Å²) < 4.78 is 8.92. The summed E-state index contributed by atoms with van der Waals surface area (Å²) in [6, 6.07) is 45.4. The van der Waals surface area contributed by atoms with Crippen LogP contribution < -0.4 is 5.73 Å². The molecule has 2 aliphatic rings. The second-order valence-corrected chi connectivity index (χ2v) is 12.3. The van der Waals surface area contributed by atoms with Crippen LogP contribution in [-0.2, 0) is 0 Å². The van der Waals surface area contributed by atoms with Crippen molar-refractivity contribution in [3.63, 3.8) is 0 Å². The molecule has 2 aromatic heterocycles. The van der Waals surface area contributed by atoms with Crippen LogP contribution in [0.1, 0.15) is 11.9 Å². The molecule has 0 fully saturated rings. The van der Waals surface area contributed by atoms with E-state index < -0.39 is 6.29 Å². The highest BCUT2D eigenvalue weighted by Gasteiger charge is 2.40. The van der Waals surface area contributed by atoms with Gasteiger partial charge in [-0.1, -0.05) is 121 Å². The van der Waals surface area contributed by atoms with Crippen molar-refractivity contribution in [2.75, 3.05) is 0 Å². The van der Waals surface area contributed by atoms with Gasteiger partial charge in [-0.15, -0.1) is 0 Å². The summed E-state index contributed by atoms with van der Waals surface area (Å²) in [5.41, 5.74) is 17.4. The Hall–Kier alpha value is -5.84. The van der Waals surface area contributed by atoms with E-state index in [4.69, 9.17) is 10.2 Å². The first kappa shape index (κ1) is 25.5. The maximum Gasteiger partial charge on any atom is 0.160 e. The molecule has 10 rings (SSSR count). The Morgan fingerprint density at radius 1 is 0.609 bits per heavy atom. The van der Waals surface area contributed by atoms with Crippen molar-refractivity contribution in [1.82, 2.24) is 9.47 Å². The number of hydrogen-bond acceptors (Lipinski definition) is 3. The van der Waals surface area contributed by atoms with Crippen LogP contribution in [0.4, 0.5) is 0 Å². The Morgan fingerprint density at radius 2 is 1.37 bits per heavy atom. The zero-order valence-corrected chi connectivity index (χ0v) is 25.0. The number of benzene rings is 6. The van der Waals surface area contributed by atoms with E-state index in [1.54, 1.807) is 0 Å². The number of furan rings is 1. The van der Waals surface area contributed by atoms with Crippen molar-refractivity contribution in [1.29, 1.82) is 0 Å². The maximum atomic E-state index is 7.46. The Bertz CT molecular complexity index is 2620. The standard InChI is InChI=1S/C42H29N3O/c43-42(45-35-16-8-6-15-34(35)40(45)27-11-2-1-3-12-27)44-36-23-22-32-31-14-7-9-17-38(31)46-41(32)39(36)33-21-20-30(25-37(33)44)29-19-18-26-10-4-5-13-28(26)24-29/h1-25,35,42H,43H2/t35-,42?/m0/s1. The molecule has 4 nitrogen and oxygen atoms in total. The summed E-state index contributed by atoms with van der Waals surface area (Å²) >= 11 is 0. The van der Waals surface area contributed by atoms with Crippen LogP contribution in [0.25, 0.3) is 71.3 Å². The molecule has 8 aromatic rings. The topological polar surface area (TPSA) is 47.3 Å². The summed E-state index contributed by atoms with van der Waals surface area (Å²) in [6.07, 6.45) is 8.24. The SMILES string of the molecule is NC(N1C(c2ccccc2)=C2C=CC=C[C@@H]21)n1c2cc(-c3ccc4ccccc4c3)ccc2c2c3oc4ccccc4c3ccc21. The molecule has 0 saturated carbocycles. The molecule has 1 unspecified atom stereocenters. The normalized spacial score (nSPS) is 16.6. The number of fused-ring (bicyclic) bond motifs is 9. The van der Waals surface area contributed by atoms with E-state index in [0.717, 1.165) is 49.3 Å². The van der Waals surface area contributed by atoms with Gasteiger partial charge in [-0.2, -0.15) is 0 Å². The fourth-order valence-electron chi connectivity index (χ4n) is 7.69. The molecular weight excluding hydrogens is 562 g/mol. The summed E-state index contributed by atoms with van der Waals surface area (Å²) in [7, 11) is 0. The van der Waals surface area contributed by atoms with Crippen LogP contribution in [0.3, 0.4) is 0 Å². The van der Waals surface area contributed by atoms with E-state index in [-0.39, 0.29) is 6.04 Å². The Kier molecular flexibility index (Phi) is 5.31. The zero-order valence-electron chi connectivity index (χ0n) is 25.0. The average molecular weight is 592 g/mol. The number of para-hydroxylation sites is 1. The van der Waals surface area contributed by atoms with E-state index in [1.165, 1.54) is 33.2 Å². The predicted molar refractivity (Wildman–Crippen MR) is 190 cm³/mol. The molecule has 0 radical (unpaired) electrons. The first-order valence-electron chi connectivity index (χ1n) is 15.8. The lowest BCUT2D eigenvalue weighted by atomic mass is 9.86. The minimum Gasteiger partial charge on any atom is -0.455 e. The average Bonchev–Trinajstić information content (AvgIpc) is 3.64. The van der Waals surface area contributed by atoms with Crippen LogP contribution in [-0.4, -0.2) is 15.5 Å². The number of nitrogens with two attached hydrogens (primary N) is 1. The lowest BCUT2D eigenvalue weighted by Gasteiger charge is -2.49. The van der Waals surface area contributed by atoms with E-state index >= 15 is 0 Å². The number of allylic oxidation sites excluding steroid dienone is 2. The number of rotatable bonds is 4. The van der Waals surface area contributed by atoms with Crippen LogP contribution in [0.5, 0.6) is 0 Å². The Morgan fingerprint density at radius 3 is 2.28 bits per heavy atom. The molecule has 0 spiro atoms. The van der Waals surface area contributed by atoms with Gasteiger partial charge >= 0.3 is 0 Å². The van der Waals surface area contributed by atoms with Crippen molar-refractivity contribution in [3.05, 3.63) is 163 Å². The summed E-state index contributed by atoms with van der Waals surface area (Å²) in [6.45, 7) is 0. The van der Waals surface area contributed by atoms with Gasteiger partial charge in [0.15, 0.2) is 6.29 Å². The molecule has 1 aliphatic heterocycles. The van der Waals surface area contributed by atoms with Crippen LogP contribution in [0, 0.1) is 0 Å². The summed E-state index contributed by atoms with van der Waals surface area (Å²) in [5, 5.41) is 6.92.